The van der Waals surface area contributed by atoms with E-state index in [2.05, 4.69) is 17.2 Å². The first-order chi connectivity index (χ1) is 9.65. The number of nitrogens with one attached hydrogen (secondary N) is 1. The predicted molar refractivity (Wildman–Crippen MR) is 79.7 cm³/mol. The first-order valence-corrected chi connectivity index (χ1v) is 6.48. The molecular formula is C14H23N3O3. The second-order valence-electron chi connectivity index (χ2n) is 4.15. The number of ether oxygens (including phenoxy) is 3. The third-order valence-corrected chi connectivity index (χ3v) is 2.76. The maximum absolute atomic E-state index is 5.77. The van der Waals surface area contributed by atoms with Crippen molar-refractivity contribution in [3.63, 3.8) is 0 Å². The first-order valence-electron chi connectivity index (χ1n) is 6.48. The zero-order valence-corrected chi connectivity index (χ0v) is 12.5. The minimum Gasteiger partial charge on any atom is -0.496 e. The van der Waals surface area contributed by atoms with E-state index in [0.29, 0.717) is 29.8 Å². The highest BCUT2D eigenvalue weighted by Gasteiger charge is 2.11. The lowest BCUT2D eigenvalue weighted by Gasteiger charge is -2.13. The van der Waals surface area contributed by atoms with Crippen molar-refractivity contribution in [1.29, 1.82) is 0 Å². The van der Waals surface area contributed by atoms with Crippen LogP contribution in [0.25, 0.3) is 0 Å². The molecule has 0 saturated carbocycles. The second kappa shape index (κ2) is 8.14. The standard InChI is InChI=1S/C14H23N3O3/c1-5-6-16-14(15)17-9-10-7-12(19-3)13(20-4)8-11(10)18-2/h7-8H,5-6,9H2,1-4H3,(H3,15,16,17). The Hall–Kier alpha value is -2.11. The molecule has 0 saturated heterocycles. The summed E-state index contributed by atoms with van der Waals surface area (Å²) in [4.78, 5) is 4.28. The summed E-state index contributed by atoms with van der Waals surface area (Å²) >= 11 is 0. The summed E-state index contributed by atoms with van der Waals surface area (Å²) < 4.78 is 15.8. The van der Waals surface area contributed by atoms with Crippen LogP contribution >= 0.6 is 0 Å². The van der Waals surface area contributed by atoms with E-state index in [1.54, 1.807) is 27.4 Å². The van der Waals surface area contributed by atoms with Gasteiger partial charge in [-0.2, -0.15) is 0 Å². The van der Waals surface area contributed by atoms with Crippen molar-refractivity contribution >= 4 is 5.96 Å². The van der Waals surface area contributed by atoms with Gasteiger partial charge in [0.15, 0.2) is 17.5 Å². The number of rotatable bonds is 7. The molecule has 0 heterocycles. The fourth-order valence-corrected chi connectivity index (χ4v) is 1.70. The lowest BCUT2D eigenvalue weighted by atomic mass is 10.1. The van der Waals surface area contributed by atoms with Gasteiger partial charge in [-0.3, -0.25) is 0 Å². The molecule has 0 aliphatic carbocycles. The second-order valence-corrected chi connectivity index (χ2v) is 4.15. The fourth-order valence-electron chi connectivity index (χ4n) is 1.70. The van der Waals surface area contributed by atoms with Crippen LogP contribution in [0.3, 0.4) is 0 Å². The van der Waals surface area contributed by atoms with E-state index < -0.39 is 0 Å². The molecule has 0 aliphatic rings. The first kappa shape index (κ1) is 15.9. The molecule has 1 rings (SSSR count). The lowest BCUT2D eigenvalue weighted by Crippen LogP contribution is -2.32. The van der Waals surface area contributed by atoms with Crippen LogP contribution < -0.4 is 25.3 Å². The third-order valence-electron chi connectivity index (χ3n) is 2.76. The van der Waals surface area contributed by atoms with Crippen LogP contribution in [0.4, 0.5) is 0 Å². The number of hydrogen-bond acceptors (Lipinski definition) is 4. The van der Waals surface area contributed by atoms with Gasteiger partial charge in [-0.1, -0.05) is 6.92 Å². The van der Waals surface area contributed by atoms with Gasteiger partial charge in [0.25, 0.3) is 0 Å². The Morgan fingerprint density at radius 1 is 1.10 bits per heavy atom. The number of methoxy groups -OCH3 is 3. The summed E-state index contributed by atoms with van der Waals surface area (Å²) in [6.45, 7) is 3.28. The van der Waals surface area contributed by atoms with Crippen LogP contribution in [0.15, 0.2) is 17.1 Å². The Labute approximate surface area is 119 Å². The van der Waals surface area contributed by atoms with Gasteiger partial charge < -0.3 is 25.3 Å². The maximum Gasteiger partial charge on any atom is 0.188 e. The molecular weight excluding hydrogens is 258 g/mol. The van der Waals surface area contributed by atoms with Gasteiger partial charge in [-0.05, 0) is 12.5 Å². The summed E-state index contributed by atoms with van der Waals surface area (Å²) in [5.74, 6) is 2.37. The summed E-state index contributed by atoms with van der Waals surface area (Å²) in [6.07, 6.45) is 0.996. The van der Waals surface area contributed by atoms with Crippen molar-refractivity contribution in [3.8, 4) is 17.2 Å². The summed E-state index contributed by atoms with van der Waals surface area (Å²) in [6, 6.07) is 3.62. The minimum atomic E-state index is 0.409. The predicted octanol–water partition coefficient (Wildman–Crippen LogP) is 1.53. The highest BCUT2D eigenvalue weighted by atomic mass is 16.5. The SMILES string of the molecule is CCCNC(N)=NCc1cc(OC)c(OC)cc1OC. The Kier molecular flexibility index (Phi) is 6.49. The van der Waals surface area contributed by atoms with E-state index in [4.69, 9.17) is 19.9 Å². The molecule has 0 unspecified atom stereocenters. The van der Waals surface area contributed by atoms with E-state index in [0.717, 1.165) is 18.5 Å². The Morgan fingerprint density at radius 3 is 2.25 bits per heavy atom. The highest BCUT2D eigenvalue weighted by molar-refractivity contribution is 5.77. The zero-order chi connectivity index (χ0) is 15.0. The third kappa shape index (κ3) is 4.22. The van der Waals surface area contributed by atoms with E-state index in [1.165, 1.54) is 0 Å². The Morgan fingerprint density at radius 2 is 1.70 bits per heavy atom. The molecule has 6 heteroatoms. The largest absolute Gasteiger partial charge is 0.496 e. The number of hydrogen-bond donors (Lipinski definition) is 2. The van der Waals surface area contributed by atoms with Crippen molar-refractivity contribution in [3.05, 3.63) is 17.7 Å². The summed E-state index contributed by atoms with van der Waals surface area (Å²) in [5, 5.41) is 3.02. The van der Waals surface area contributed by atoms with Gasteiger partial charge in [0.1, 0.15) is 5.75 Å². The van der Waals surface area contributed by atoms with Crippen LogP contribution in [-0.4, -0.2) is 33.8 Å². The molecule has 0 aliphatic heterocycles. The van der Waals surface area contributed by atoms with Crippen LogP contribution in [0, 0.1) is 0 Å². The minimum absolute atomic E-state index is 0.409. The molecule has 0 spiro atoms. The van der Waals surface area contributed by atoms with Gasteiger partial charge in [0, 0.05) is 18.2 Å². The fraction of sp³-hybridized carbons (Fsp3) is 0.500. The average Bonchev–Trinajstić information content (AvgIpc) is 2.49. The summed E-state index contributed by atoms with van der Waals surface area (Å²) in [5.41, 5.74) is 6.65. The number of aliphatic imine (C=N–C) groups is 1. The Balaban J connectivity index is 2.93. The molecule has 0 radical (unpaired) electrons. The molecule has 3 N–H and O–H groups in total. The van der Waals surface area contributed by atoms with Crippen LogP contribution in [-0.2, 0) is 6.54 Å². The molecule has 112 valence electrons. The van der Waals surface area contributed by atoms with E-state index in [-0.39, 0.29) is 0 Å². The van der Waals surface area contributed by atoms with Gasteiger partial charge in [-0.25, -0.2) is 4.99 Å². The number of guanidine groups is 1. The molecule has 0 bridgehead atoms. The maximum atomic E-state index is 5.77. The number of nitrogens with two attached hydrogens (primary N) is 1. The van der Waals surface area contributed by atoms with E-state index in [1.807, 2.05) is 6.07 Å². The zero-order valence-electron chi connectivity index (χ0n) is 12.5. The van der Waals surface area contributed by atoms with Crippen molar-refractivity contribution in [2.75, 3.05) is 27.9 Å². The molecule has 0 atom stereocenters. The van der Waals surface area contributed by atoms with E-state index in [9.17, 15) is 0 Å². The molecule has 1 aromatic rings. The molecule has 0 amide bonds. The van der Waals surface area contributed by atoms with Gasteiger partial charge in [0.2, 0.25) is 0 Å². The molecule has 0 fully saturated rings. The van der Waals surface area contributed by atoms with Crippen LogP contribution in [0.5, 0.6) is 17.2 Å². The van der Waals surface area contributed by atoms with Gasteiger partial charge in [0.05, 0.1) is 27.9 Å². The van der Waals surface area contributed by atoms with Crippen molar-refractivity contribution < 1.29 is 14.2 Å². The molecule has 1 aromatic carbocycles. The molecule has 6 nitrogen and oxygen atoms in total. The quantitative estimate of drug-likeness (QED) is 0.585. The van der Waals surface area contributed by atoms with Gasteiger partial charge >= 0.3 is 0 Å². The number of benzene rings is 1. The van der Waals surface area contributed by atoms with Crippen LogP contribution in [0.1, 0.15) is 18.9 Å². The molecule has 20 heavy (non-hydrogen) atoms. The lowest BCUT2D eigenvalue weighted by molar-refractivity contribution is 0.347. The van der Waals surface area contributed by atoms with Crippen LogP contribution in [0.2, 0.25) is 0 Å². The highest BCUT2D eigenvalue weighted by Crippen LogP contribution is 2.34. The topological polar surface area (TPSA) is 78.1 Å². The monoisotopic (exact) mass is 281 g/mol. The smallest absolute Gasteiger partial charge is 0.188 e. The van der Waals surface area contributed by atoms with Crippen molar-refractivity contribution in [1.82, 2.24) is 5.32 Å². The Bertz CT molecular complexity index is 461. The summed E-state index contributed by atoms with van der Waals surface area (Å²) in [7, 11) is 4.78. The normalized spacial score (nSPS) is 11.1. The van der Waals surface area contributed by atoms with Crippen molar-refractivity contribution in [2.24, 2.45) is 10.7 Å². The van der Waals surface area contributed by atoms with Crippen molar-refractivity contribution in [2.45, 2.75) is 19.9 Å². The van der Waals surface area contributed by atoms with E-state index >= 15 is 0 Å². The molecule has 0 aromatic heterocycles. The average molecular weight is 281 g/mol. The van der Waals surface area contributed by atoms with Gasteiger partial charge in [-0.15, -0.1) is 0 Å². The number of nitrogens with zero attached hydrogens (tertiary/aromatic N) is 1.